The first-order chi connectivity index (χ1) is 11.2. The monoisotopic (exact) mass is 310 g/mol. The van der Waals surface area contributed by atoms with Crippen LogP contribution in [0.3, 0.4) is 0 Å². The predicted octanol–water partition coefficient (Wildman–Crippen LogP) is 3.32. The highest BCUT2D eigenvalue weighted by Gasteiger charge is 2.28. The van der Waals surface area contributed by atoms with Gasteiger partial charge in [-0.25, -0.2) is 15.0 Å². The second-order valence-electron chi connectivity index (χ2n) is 4.92. The molecule has 1 aliphatic heterocycles. The van der Waals surface area contributed by atoms with Gasteiger partial charge in [0.2, 0.25) is 5.91 Å². The summed E-state index contributed by atoms with van der Waals surface area (Å²) < 4.78 is 5.54. The predicted molar refractivity (Wildman–Crippen MR) is 90.3 cm³/mol. The number of pyridine rings is 1. The van der Waals surface area contributed by atoms with Crippen LogP contribution in [0.4, 0.5) is 17.2 Å². The summed E-state index contributed by atoms with van der Waals surface area (Å²) in [5, 5.41) is 3.25. The number of ether oxygens (including phenoxy) is 1. The van der Waals surface area contributed by atoms with Crippen molar-refractivity contribution < 1.29 is 9.53 Å². The van der Waals surface area contributed by atoms with Crippen LogP contribution in [0.25, 0.3) is 0 Å². The fraction of sp³-hybridized carbons (Fsp3) is 0.235. The van der Waals surface area contributed by atoms with Gasteiger partial charge < -0.3 is 4.74 Å². The van der Waals surface area contributed by atoms with Gasteiger partial charge in [0.05, 0.1) is 12.3 Å². The van der Waals surface area contributed by atoms with Crippen LogP contribution in [-0.4, -0.2) is 23.8 Å². The highest BCUT2D eigenvalue weighted by Crippen LogP contribution is 2.33. The first-order valence-corrected chi connectivity index (χ1v) is 7.58. The number of hydrogen-bond acceptors (Lipinski definition) is 5. The number of aromatic nitrogens is 1. The maximum atomic E-state index is 12.5. The van der Waals surface area contributed by atoms with Crippen LogP contribution < -0.4 is 14.8 Å². The molecule has 118 valence electrons. The second-order valence-corrected chi connectivity index (χ2v) is 4.92. The van der Waals surface area contributed by atoms with Gasteiger partial charge in [-0.15, -0.1) is 0 Å². The molecular weight excluding hydrogens is 292 g/mol. The molecule has 3 rings (SSSR count). The molecule has 0 spiro atoms. The van der Waals surface area contributed by atoms with Crippen molar-refractivity contribution in [3.63, 3.8) is 0 Å². The van der Waals surface area contributed by atoms with E-state index in [9.17, 15) is 4.79 Å². The van der Waals surface area contributed by atoms with Gasteiger partial charge in [0.1, 0.15) is 17.8 Å². The molecule has 6 nitrogen and oxygen atoms in total. The number of carbonyl (C=O) groups is 1. The van der Waals surface area contributed by atoms with Gasteiger partial charge in [-0.05, 0) is 31.2 Å². The van der Waals surface area contributed by atoms with Crippen LogP contribution in [0, 0.1) is 0 Å². The molecule has 0 radical (unpaired) electrons. The van der Waals surface area contributed by atoms with E-state index in [1.54, 1.807) is 28.6 Å². The molecule has 0 bridgehead atoms. The second kappa shape index (κ2) is 6.48. The van der Waals surface area contributed by atoms with E-state index in [0.29, 0.717) is 24.5 Å². The van der Waals surface area contributed by atoms with Gasteiger partial charge in [-0.2, -0.15) is 5.01 Å². The average Bonchev–Trinajstić information content (AvgIpc) is 2.60. The molecule has 2 aromatic rings. The van der Waals surface area contributed by atoms with Gasteiger partial charge in [-0.3, -0.25) is 4.79 Å². The lowest BCUT2D eigenvalue weighted by Crippen LogP contribution is -2.48. The van der Waals surface area contributed by atoms with E-state index >= 15 is 0 Å². The molecule has 1 aromatic heterocycles. The fourth-order valence-corrected chi connectivity index (χ4v) is 2.38. The van der Waals surface area contributed by atoms with Crippen LogP contribution in [0.15, 0.2) is 47.6 Å². The summed E-state index contributed by atoms with van der Waals surface area (Å²) in [6.45, 7) is 4.34. The van der Waals surface area contributed by atoms with Gasteiger partial charge in [-0.1, -0.05) is 13.0 Å². The Morgan fingerprint density at radius 2 is 2.09 bits per heavy atom. The molecular formula is C17H18N4O2. The molecule has 0 fully saturated rings. The zero-order chi connectivity index (χ0) is 16.2. The van der Waals surface area contributed by atoms with Gasteiger partial charge >= 0.3 is 0 Å². The van der Waals surface area contributed by atoms with Crippen LogP contribution in [0.5, 0.6) is 5.75 Å². The Morgan fingerprint density at radius 3 is 2.87 bits per heavy atom. The van der Waals surface area contributed by atoms with Gasteiger partial charge in [0.15, 0.2) is 5.82 Å². The molecule has 23 heavy (non-hydrogen) atoms. The SMILES string of the molecule is CCOc1cccc(N2C=Nc3cccnc3N2C(=O)CC)c1. The maximum absolute atomic E-state index is 12.5. The summed E-state index contributed by atoms with van der Waals surface area (Å²) in [6.07, 6.45) is 3.65. The van der Waals surface area contributed by atoms with E-state index in [1.165, 1.54) is 0 Å². The number of aliphatic imine (C=N–C) groups is 1. The standard InChI is InChI=1S/C17H18N4O2/c1-3-16(22)21-17-15(9-6-10-18-17)19-12-20(21)13-7-5-8-14(11-13)23-4-2/h5-12H,3-4H2,1-2H3. The van der Waals surface area contributed by atoms with Crippen molar-refractivity contribution in [3.8, 4) is 5.75 Å². The Kier molecular flexibility index (Phi) is 4.23. The number of nitrogens with zero attached hydrogens (tertiary/aromatic N) is 4. The first-order valence-electron chi connectivity index (χ1n) is 7.58. The highest BCUT2D eigenvalue weighted by molar-refractivity contribution is 6.05. The lowest BCUT2D eigenvalue weighted by molar-refractivity contribution is -0.118. The zero-order valence-electron chi connectivity index (χ0n) is 13.1. The summed E-state index contributed by atoms with van der Waals surface area (Å²) in [7, 11) is 0. The topological polar surface area (TPSA) is 58.0 Å². The molecule has 0 aliphatic carbocycles. The number of amides is 1. The van der Waals surface area contributed by atoms with Crippen molar-refractivity contribution in [2.45, 2.75) is 20.3 Å². The van der Waals surface area contributed by atoms with Gasteiger partial charge in [0, 0.05) is 18.7 Å². The zero-order valence-corrected chi connectivity index (χ0v) is 13.1. The lowest BCUT2D eigenvalue weighted by Gasteiger charge is -2.35. The van der Waals surface area contributed by atoms with Crippen LogP contribution in [-0.2, 0) is 4.79 Å². The summed E-state index contributed by atoms with van der Waals surface area (Å²) in [6, 6.07) is 11.2. The smallest absolute Gasteiger partial charge is 0.247 e. The summed E-state index contributed by atoms with van der Waals surface area (Å²) in [5.74, 6) is 1.22. The number of benzene rings is 1. The highest BCUT2D eigenvalue weighted by atomic mass is 16.5. The fourth-order valence-electron chi connectivity index (χ4n) is 2.38. The molecule has 0 N–H and O–H groups in total. The normalized spacial score (nSPS) is 13.0. The molecule has 2 heterocycles. The molecule has 1 aromatic carbocycles. The minimum atomic E-state index is -0.0575. The molecule has 6 heteroatoms. The minimum absolute atomic E-state index is 0.0575. The van der Waals surface area contributed by atoms with E-state index in [-0.39, 0.29) is 5.91 Å². The van der Waals surface area contributed by atoms with Gasteiger partial charge in [0.25, 0.3) is 0 Å². The molecule has 0 unspecified atom stereocenters. The minimum Gasteiger partial charge on any atom is -0.494 e. The molecule has 1 amide bonds. The molecule has 1 aliphatic rings. The third-order valence-electron chi connectivity index (χ3n) is 3.42. The van der Waals surface area contributed by atoms with Crippen LogP contribution in [0.1, 0.15) is 20.3 Å². The third kappa shape index (κ3) is 2.88. The Balaban J connectivity index is 2.04. The van der Waals surface area contributed by atoms with Crippen LogP contribution >= 0.6 is 0 Å². The van der Waals surface area contributed by atoms with Crippen molar-refractivity contribution in [2.75, 3.05) is 16.6 Å². The number of hydrogen-bond donors (Lipinski definition) is 0. The molecule has 0 saturated heterocycles. The lowest BCUT2D eigenvalue weighted by atomic mass is 10.2. The van der Waals surface area contributed by atoms with E-state index in [2.05, 4.69) is 9.98 Å². The van der Waals surface area contributed by atoms with E-state index in [1.807, 2.05) is 44.2 Å². The Morgan fingerprint density at radius 1 is 1.22 bits per heavy atom. The Hall–Kier alpha value is -2.89. The van der Waals surface area contributed by atoms with E-state index < -0.39 is 0 Å². The van der Waals surface area contributed by atoms with E-state index in [4.69, 9.17) is 4.74 Å². The maximum Gasteiger partial charge on any atom is 0.247 e. The van der Waals surface area contributed by atoms with Crippen molar-refractivity contribution >= 4 is 29.4 Å². The third-order valence-corrected chi connectivity index (χ3v) is 3.42. The quantitative estimate of drug-likeness (QED) is 0.869. The number of hydrazine groups is 1. The summed E-state index contributed by atoms with van der Waals surface area (Å²) in [5.41, 5.74) is 1.46. The average molecular weight is 310 g/mol. The largest absolute Gasteiger partial charge is 0.494 e. The summed E-state index contributed by atoms with van der Waals surface area (Å²) in [4.78, 5) is 21.2. The Bertz CT molecular complexity index is 745. The van der Waals surface area contributed by atoms with Crippen molar-refractivity contribution in [1.82, 2.24) is 4.98 Å². The number of rotatable bonds is 4. The summed E-state index contributed by atoms with van der Waals surface area (Å²) >= 11 is 0. The number of carbonyl (C=O) groups excluding carboxylic acids is 1. The van der Waals surface area contributed by atoms with E-state index in [0.717, 1.165) is 11.4 Å². The van der Waals surface area contributed by atoms with Crippen molar-refractivity contribution in [1.29, 1.82) is 0 Å². The first kappa shape index (κ1) is 15.0. The molecule has 0 saturated carbocycles. The van der Waals surface area contributed by atoms with Crippen molar-refractivity contribution in [2.24, 2.45) is 4.99 Å². The Labute approximate surface area is 135 Å². The number of fused-ring (bicyclic) bond motifs is 1. The molecule has 0 atom stereocenters. The number of anilines is 2. The van der Waals surface area contributed by atoms with Crippen LogP contribution in [0.2, 0.25) is 0 Å². The van der Waals surface area contributed by atoms with Crippen molar-refractivity contribution in [3.05, 3.63) is 42.6 Å².